The van der Waals surface area contributed by atoms with E-state index in [2.05, 4.69) is 14.5 Å². The minimum absolute atomic E-state index is 0.0904. The largest absolute Gasteiger partial charge is 0.586 e. The summed E-state index contributed by atoms with van der Waals surface area (Å²) < 4.78 is 97.6. The predicted molar refractivity (Wildman–Crippen MR) is 127 cm³/mol. The van der Waals surface area contributed by atoms with Crippen molar-refractivity contribution in [2.45, 2.75) is 30.4 Å². The summed E-state index contributed by atoms with van der Waals surface area (Å²) in [6.07, 6.45) is -9.43. The Bertz CT molecular complexity index is 1560. The normalized spacial score (nSPS) is 20.1. The van der Waals surface area contributed by atoms with Gasteiger partial charge in [0.05, 0.1) is 12.2 Å². The van der Waals surface area contributed by atoms with Gasteiger partial charge in [0.25, 0.3) is 5.91 Å². The molecule has 2 atom stereocenters. The molecule has 0 saturated heterocycles. The standard InChI is InChI=1S/C26H19F6N3O6/c1-23(22(33)37)11-39-20-15(23)9-18(35-19(20)12-2-5-14(27)6-3-12)24(38,25(28,29)30)10-34-21(36)13-4-7-16-17(8-13)41-26(31,32)40-16/h2-9,38H,10-11H2,1H3,(H2,33,37)(H,34,36)/t23-,24-/m0/s1. The molecule has 216 valence electrons. The molecule has 0 saturated carbocycles. The van der Waals surface area contributed by atoms with Crippen LogP contribution in [0, 0.1) is 5.82 Å². The summed E-state index contributed by atoms with van der Waals surface area (Å²) in [5, 5.41) is 13.0. The van der Waals surface area contributed by atoms with Crippen molar-refractivity contribution in [2.24, 2.45) is 5.73 Å². The fraction of sp³-hybridized carbons (Fsp3) is 0.269. The molecule has 0 fully saturated rings. The number of primary amides is 1. The Hall–Kier alpha value is -4.53. The number of alkyl halides is 5. The number of aromatic nitrogens is 1. The van der Waals surface area contributed by atoms with Crippen LogP contribution in [-0.2, 0) is 15.8 Å². The topological polar surface area (TPSA) is 133 Å². The van der Waals surface area contributed by atoms with Crippen LogP contribution < -0.4 is 25.3 Å². The minimum atomic E-state index is -5.44. The highest BCUT2D eigenvalue weighted by atomic mass is 19.4. The van der Waals surface area contributed by atoms with E-state index in [4.69, 9.17) is 10.5 Å². The molecule has 41 heavy (non-hydrogen) atoms. The summed E-state index contributed by atoms with van der Waals surface area (Å²) in [5.41, 5.74) is -1.58. The lowest BCUT2D eigenvalue weighted by atomic mass is 9.81. The van der Waals surface area contributed by atoms with E-state index in [0.29, 0.717) is 0 Å². The Morgan fingerprint density at radius 2 is 1.73 bits per heavy atom. The highest BCUT2D eigenvalue weighted by molar-refractivity contribution is 5.95. The van der Waals surface area contributed by atoms with Gasteiger partial charge < -0.3 is 30.4 Å². The molecule has 3 heterocycles. The van der Waals surface area contributed by atoms with Gasteiger partial charge >= 0.3 is 12.5 Å². The summed E-state index contributed by atoms with van der Waals surface area (Å²) in [4.78, 5) is 29.0. The highest BCUT2D eigenvalue weighted by Crippen LogP contribution is 2.48. The number of hydrogen-bond donors (Lipinski definition) is 3. The van der Waals surface area contributed by atoms with Crippen molar-refractivity contribution in [2.75, 3.05) is 13.2 Å². The van der Waals surface area contributed by atoms with Crippen LogP contribution in [0.4, 0.5) is 26.3 Å². The number of pyridine rings is 1. The van der Waals surface area contributed by atoms with Crippen molar-refractivity contribution in [1.29, 1.82) is 0 Å². The Morgan fingerprint density at radius 1 is 1.07 bits per heavy atom. The maximum absolute atomic E-state index is 14.5. The Kier molecular flexibility index (Phi) is 6.33. The Labute approximate surface area is 226 Å². The molecule has 2 amide bonds. The second-order valence-electron chi connectivity index (χ2n) is 9.59. The number of aliphatic hydroxyl groups is 1. The zero-order chi connectivity index (χ0) is 30.0. The molecular formula is C26H19F6N3O6. The SMILES string of the molecule is C[C@]1(C(N)=O)COc2c1cc([C@@](O)(CNC(=O)c1ccc3c(c1)OC(F)(F)O3)C(F)(F)F)nc2-c1ccc(F)cc1. The lowest BCUT2D eigenvalue weighted by Crippen LogP contribution is -2.51. The summed E-state index contributed by atoms with van der Waals surface area (Å²) in [5.74, 6) is -3.77. The van der Waals surface area contributed by atoms with E-state index in [1.54, 1.807) is 0 Å². The van der Waals surface area contributed by atoms with Gasteiger partial charge in [-0.3, -0.25) is 9.59 Å². The Morgan fingerprint density at radius 3 is 2.37 bits per heavy atom. The van der Waals surface area contributed by atoms with Crippen LogP contribution >= 0.6 is 0 Å². The van der Waals surface area contributed by atoms with E-state index in [9.17, 15) is 41.0 Å². The molecule has 0 bridgehead atoms. The van der Waals surface area contributed by atoms with Crippen molar-refractivity contribution in [3.05, 3.63) is 71.2 Å². The zero-order valence-electron chi connectivity index (χ0n) is 20.8. The lowest BCUT2D eigenvalue weighted by molar-refractivity contribution is -0.286. The summed E-state index contributed by atoms with van der Waals surface area (Å²) in [6.45, 7) is -0.499. The maximum Gasteiger partial charge on any atom is 0.586 e. The molecular weight excluding hydrogens is 564 g/mol. The summed E-state index contributed by atoms with van der Waals surface area (Å²) in [7, 11) is 0. The van der Waals surface area contributed by atoms with E-state index in [1.807, 2.05) is 5.32 Å². The molecule has 15 heteroatoms. The van der Waals surface area contributed by atoms with Gasteiger partial charge in [0.2, 0.25) is 11.5 Å². The number of nitrogens with zero attached hydrogens (tertiary/aromatic N) is 1. The number of hydrogen-bond acceptors (Lipinski definition) is 7. The first-order valence-electron chi connectivity index (χ1n) is 11.8. The van der Waals surface area contributed by atoms with Gasteiger partial charge in [-0.25, -0.2) is 9.37 Å². The molecule has 1 aromatic heterocycles. The lowest BCUT2D eigenvalue weighted by Gasteiger charge is -2.31. The number of nitrogens with one attached hydrogen (secondary N) is 1. The number of ether oxygens (including phenoxy) is 3. The van der Waals surface area contributed by atoms with Gasteiger partial charge in [0, 0.05) is 16.7 Å². The van der Waals surface area contributed by atoms with Crippen LogP contribution in [0.2, 0.25) is 0 Å². The average molecular weight is 583 g/mol. The summed E-state index contributed by atoms with van der Waals surface area (Å²) >= 11 is 0. The minimum Gasteiger partial charge on any atom is -0.489 e. The number of carbonyl (C=O) groups excluding carboxylic acids is 2. The molecule has 4 N–H and O–H groups in total. The molecule has 0 radical (unpaired) electrons. The van der Waals surface area contributed by atoms with E-state index < -0.39 is 64.9 Å². The fourth-order valence-electron chi connectivity index (χ4n) is 4.34. The van der Waals surface area contributed by atoms with Crippen molar-refractivity contribution in [1.82, 2.24) is 10.3 Å². The smallest absolute Gasteiger partial charge is 0.489 e. The second-order valence-corrected chi connectivity index (χ2v) is 9.59. The van der Waals surface area contributed by atoms with Gasteiger partial charge in [-0.15, -0.1) is 8.78 Å². The molecule has 5 rings (SSSR count). The first-order chi connectivity index (χ1) is 19.0. The van der Waals surface area contributed by atoms with Gasteiger partial charge in [0.1, 0.15) is 29.3 Å². The number of rotatable bonds is 6. The van der Waals surface area contributed by atoms with Crippen LogP contribution in [0.3, 0.4) is 0 Å². The van der Waals surface area contributed by atoms with Crippen LogP contribution in [0.25, 0.3) is 11.3 Å². The number of fused-ring (bicyclic) bond motifs is 2. The summed E-state index contributed by atoms with van der Waals surface area (Å²) in [6, 6.07) is 8.07. The maximum atomic E-state index is 14.5. The fourth-order valence-corrected chi connectivity index (χ4v) is 4.34. The molecule has 2 aliphatic heterocycles. The monoisotopic (exact) mass is 583 g/mol. The van der Waals surface area contributed by atoms with Crippen LogP contribution in [0.1, 0.15) is 28.5 Å². The molecule has 3 aromatic rings. The van der Waals surface area contributed by atoms with Gasteiger partial charge in [0.15, 0.2) is 11.5 Å². The number of nitrogens with two attached hydrogens (primary N) is 1. The molecule has 0 unspecified atom stereocenters. The Balaban J connectivity index is 1.55. The third kappa shape index (κ3) is 4.75. The van der Waals surface area contributed by atoms with Gasteiger partial charge in [-0.05, 0) is 55.5 Å². The second kappa shape index (κ2) is 9.26. The van der Waals surface area contributed by atoms with Crippen LogP contribution in [0.5, 0.6) is 17.2 Å². The molecule has 2 aliphatic rings. The molecule has 2 aromatic carbocycles. The number of carbonyl (C=O) groups is 2. The zero-order valence-corrected chi connectivity index (χ0v) is 20.8. The van der Waals surface area contributed by atoms with Crippen LogP contribution in [0.15, 0.2) is 48.5 Å². The van der Waals surface area contributed by atoms with E-state index in [1.165, 1.54) is 19.1 Å². The predicted octanol–water partition coefficient (Wildman–Crippen LogP) is 3.52. The van der Waals surface area contributed by atoms with Crippen LogP contribution in [-0.4, -0.2) is 47.5 Å². The third-order valence-electron chi connectivity index (χ3n) is 6.80. The molecule has 9 nitrogen and oxygen atoms in total. The van der Waals surface area contributed by atoms with Crippen molar-refractivity contribution < 1.29 is 55.2 Å². The third-order valence-corrected chi connectivity index (χ3v) is 6.80. The molecule has 0 spiro atoms. The number of amides is 2. The van der Waals surface area contributed by atoms with Crippen molar-refractivity contribution >= 4 is 11.8 Å². The van der Waals surface area contributed by atoms with Crippen molar-refractivity contribution in [3.63, 3.8) is 0 Å². The van der Waals surface area contributed by atoms with E-state index in [-0.39, 0.29) is 34.7 Å². The quantitative estimate of drug-likeness (QED) is 0.379. The first-order valence-corrected chi connectivity index (χ1v) is 11.8. The van der Waals surface area contributed by atoms with E-state index in [0.717, 1.165) is 36.4 Å². The highest BCUT2D eigenvalue weighted by Gasteiger charge is 2.58. The number of benzene rings is 2. The first kappa shape index (κ1) is 28.0. The average Bonchev–Trinajstić information content (AvgIpc) is 3.41. The van der Waals surface area contributed by atoms with E-state index >= 15 is 0 Å². The van der Waals surface area contributed by atoms with Crippen molar-refractivity contribution in [3.8, 4) is 28.5 Å². The molecule has 0 aliphatic carbocycles. The van der Waals surface area contributed by atoms with Gasteiger partial charge in [-0.2, -0.15) is 13.2 Å². The number of halogens is 6. The van der Waals surface area contributed by atoms with Gasteiger partial charge in [-0.1, -0.05) is 0 Å².